The van der Waals surface area contributed by atoms with E-state index < -0.39 is 23.5 Å². The second-order valence-electron chi connectivity index (χ2n) is 7.53. The molecular weight excluding hydrogens is 398 g/mol. The first-order valence-electron chi connectivity index (χ1n) is 9.89. The topological polar surface area (TPSA) is 98.8 Å². The van der Waals surface area contributed by atoms with E-state index in [1.807, 2.05) is 30.3 Å². The maximum Gasteiger partial charge on any atom is 0.336 e. The number of nitrogens with one attached hydrogen (secondary N) is 1. The molecule has 0 aliphatic rings. The van der Waals surface area contributed by atoms with Crippen LogP contribution in [0, 0.1) is 5.92 Å². The maximum absolute atomic E-state index is 12.8. The number of esters is 1. The molecule has 158 valence electrons. The summed E-state index contributed by atoms with van der Waals surface area (Å²) in [6.07, 6.45) is 1.38. The van der Waals surface area contributed by atoms with Gasteiger partial charge in [-0.05, 0) is 34.9 Å². The fourth-order valence-corrected chi connectivity index (χ4v) is 3.49. The van der Waals surface area contributed by atoms with Crippen molar-refractivity contribution in [3.8, 4) is 0 Å². The van der Waals surface area contributed by atoms with Gasteiger partial charge in [-0.25, -0.2) is 9.59 Å². The van der Waals surface area contributed by atoms with Crippen molar-refractivity contribution in [2.24, 2.45) is 5.92 Å². The molecule has 1 N–H and O–H groups in total. The Morgan fingerprint density at radius 2 is 1.87 bits per heavy atom. The molecule has 7 heteroatoms. The van der Waals surface area contributed by atoms with Gasteiger partial charge in [-0.15, -0.1) is 0 Å². The van der Waals surface area contributed by atoms with Gasteiger partial charge in [-0.2, -0.15) is 0 Å². The largest absolute Gasteiger partial charge is 0.459 e. The van der Waals surface area contributed by atoms with E-state index in [0.717, 1.165) is 10.8 Å². The lowest BCUT2D eigenvalue weighted by molar-refractivity contribution is -0.148. The number of fused-ring (bicyclic) bond motifs is 3. The van der Waals surface area contributed by atoms with Crippen LogP contribution in [0.15, 0.2) is 74.5 Å². The van der Waals surface area contributed by atoms with Gasteiger partial charge in [0.05, 0.1) is 6.26 Å². The molecule has 7 nitrogen and oxygen atoms in total. The Hall–Kier alpha value is -3.87. The van der Waals surface area contributed by atoms with Crippen LogP contribution in [0.25, 0.3) is 21.7 Å². The van der Waals surface area contributed by atoms with Crippen LogP contribution in [0.2, 0.25) is 0 Å². The van der Waals surface area contributed by atoms with E-state index in [1.165, 1.54) is 18.4 Å². The molecule has 31 heavy (non-hydrogen) atoms. The zero-order valence-electron chi connectivity index (χ0n) is 17.1. The van der Waals surface area contributed by atoms with E-state index in [4.69, 9.17) is 13.6 Å². The number of carbonyl (C=O) groups excluding carboxylic acids is 2. The number of hydrogen-bond acceptors (Lipinski definition) is 6. The molecule has 0 saturated heterocycles. The summed E-state index contributed by atoms with van der Waals surface area (Å²) in [7, 11) is 0. The van der Waals surface area contributed by atoms with E-state index >= 15 is 0 Å². The summed E-state index contributed by atoms with van der Waals surface area (Å²) in [5.74, 6) is -1.21. The third-order valence-corrected chi connectivity index (χ3v) is 5.04. The van der Waals surface area contributed by atoms with Crippen molar-refractivity contribution < 1.29 is 23.2 Å². The van der Waals surface area contributed by atoms with Crippen molar-refractivity contribution in [2.45, 2.75) is 26.5 Å². The average Bonchev–Trinajstić information content (AvgIpc) is 3.30. The van der Waals surface area contributed by atoms with Gasteiger partial charge >= 0.3 is 11.6 Å². The van der Waals surface area contributed by atoms with E-state index in [-0.39, 0.29) is 18.3 Å². The lowest BCUT2D eigenvalue weighted by atomic mass is 10.0. The molecule has 0 radical (unpaired) electrons. The van der Waals surface area contributed by atoms with Crippen LogP contribution in [-0.4, -0.2) is 17.9 Å². The summed E-state index contributed by atoms with van der Waals surface area (Å²) >= 11 is 0. The fraction of sp³-hybridized carbons (Fsp3) is 0.208. The first-order chi connectivity index (χ1) is 14.9. The third kappa shape index (κ3) is 4.21. The molecule has 0 aliphatic heterocycles. The molecule has 2 heterocycles. The Bertz CT molecular complexity index is 1300. The number of carbonyl (C=O) groups is 2. The molecule has 1 atom stereocenters. The molecule has 1 amide bonds. The first kappa shape index (κ1) is 20.4. The van der Waals surface area contributed by atoms with E-state index in [0.29, 0.717) is 16.5 Å². The quantitative estimate of drug-likeness (QED) is 0.288. The second-order valence-corrected chi connectivity index (χ2v) is 7.53. The summed E-state index contributed by atoms with van der Waals surface area (Å²) in [5.41, 5.74) is 0.431. The zero-order valence-corrected chi connectivity index (χ0v) is 17.1. The molecule has 0 bridgehead atoms. The Labute approximate surface area is 177 Å². The summed E-state index contributed by atoms with van der Waals surface area (Å²) in [5, 5.41) is 5.22. The van der Waals surface area contributed by atoms with Crippen LogP contribution in [-0.2, 0) is 16.1 Å². The van der Waals surface area contributed by atoms with Crippen LogP contribution < -0.4 is 10.9 Å². The minimum absolute atomic E-state index is 0.108. The molecule has 0 aliphatic carbocycles. The smallest absolute Gasteiger partial charge is 0.336 e. The number of amides is 1. The Morgan fingerprint density at radius 3 is 2.61 bits per heavy atom. The molecule has 0 fully saturated rings. The number of rotatable bonds is 6. The van der Waals surface area contributed by atoms with Crippen LogP contribution in [0.5, 0.6) is 0 Å². The van der Waals surface area contributed by atoms with Gasteiger partial charge in [-0.3, -0.25) is 4.79 Å². The number of hydrogen-bond donors (Lipinski definition) is 1. The second kappa shape index (κ2) is 8.47. The van der Waals surface area contributed by atoms with Gasteiger partial charge in [0.1, 0.15) is 18.2 Å². The average molecular weight is 419 g/mol. The highest BCUT2D eigenvalue weighted by molar-refractivity contribution is 6.07. The number of furan rings is 1. The molecule has 0 saturated carbocycles. The normalized spacial score (nSPS) is 12.2. The lowest BCUT2D eigenvalue weighted by Gasteiger charge is -2.20. The highest BCUT2D eigenvalue weighted by Crippen LogP contribution is 2.28. The Kier molecular flexibility index (Phi) is 5.58. The molecule has 4 aromatic rings. The van der Waals surface area contributed by atoms with Crippen molar-refractivity contribution in [3.05, 3.63) is 82.6 Å². The third-order valence-electron chi connectivity index (χ3n) is 5.04. The Balaban J connectivity index is 1.60. The molecule has 2 aromatic heterocycles. The van der Waals surface area contributed by atoms with Crippen LogP contribution in [0.3, 0.4) is 0 Å². The van der Waals surface area contributed by atoms with Crippen molar-refractivity contribution in [1.29, 1.82) is 0 Å². The molecule has 2 aromatic carbocycles. The van der Waals surface area contributed by atoms with E-state index in [1.54, 1.807) is 26.0 Å². The van der Waals surface area contributed by atoms with Crippen LogP contribution >= 0.6 is 0 Å². The zero-order chi connectivity index (χ0) is 22.0. The van der Waals surface area contributed by atoms with Gasteiger partial charge in [0.25, 0.3) is 5.91 Å². The highest BCUT2D eigenvalue weighted by atomic mass is 16.5. The van der Waals surface area contributed by atoms with Crippen LogP contribution in [0.1, 0.15) is 30.0 Å². The van der Waals surface area contributed by atoms with Gasteiger partial charge in [0, 0.05) is 17.0 Å². The minimum Gasteiger partial charge on any atom is -0.459 e. The predicted octanol–water partition coefficient (Wildman–Crippen LogP) is 4.04. The Morgan fingerprint density at radius 1 is 1.06 bits per heavy atom. The van der Waals surface area contributed by atoms with Crippen molar-refractivity contribution >= 4 is 33.6 Å². The first-order valence-corrected chi connectivity index (χ1v) is 9.89. The van der Waals surface area contributed by atoms with Crippen molar-refractivity contribution in [1.82, 2.24) is 5.32 Å². The van der Waals surface area contributed by atoms with Crippen molar-refractivity contribution in [3.63, 3.8) is 0 Å². The summed E-state index contributed by atoms with van der Waals surface area (Å²) < 4.78 is 15.9. The molecular formula is C24H21NO6. The van der Waals surface area contributed by atoms with Crippen molar-refractivity contribution in [2.75, 3.05) is 0 Å². The molecule has 4 rings (SSSR count). The van der Waals surface area contributed by atoms with Gasteiger partial charge in [0.2, 0.25) is 0 Å². The van der Waals surface area contributed by atoms with Gasteiger partial charge in [-0.1, -0.05) is 44.2 Å². The number of ether oxygens (including phenoxy) is 1. The maximum atomic E-state index is 12.8. The number of benzene rings is 2. The molecule has 0 spiro atoms. The summed E-state index contributed by atoms with van der Waals surface area (Å²) in [6, 6.07) is 14.8. The monoisotopic (exact) mass is 419 g/mol. The van der Waals surface area contributed by atoms with E-state index in [9.17, 15) is 14.4 Å². The van der Waals surface area contributed by atoms with E-state index in [2.05, 4.69) is 5.32 Å². The van der Waals surface area contributed by atoms with Crippen LogP contribution in [0.4, 0.5) is 0 Å². The summed E-state index contributed by atoms with van der Waals surface area (Å²) in [4.78, 5) is 37.1. The predicted molar refractivity (Wildman–Crippen MR) is 115 cm³/mol. The standard InChI is InChI=1S/C24H21NO6/c1-14(2)22(25-23(27)19-8-5-11-29-19)24(28)30-13-16-12-20(26)31-18-10-9-15-6-3-4-7-17(15)21(16)18/h3-12,14,22H,13H2,1-2H3,(H,25,27)/t22-/m1/s1. The van der Waals surface area contributed by atoms with Gasteiger partial charge < -0.3 is 18.9 Å². The lowest BCUT2D eigenvalue weighted by Crippen LogP contribution is -2.45. The summed E-state index contributed by atoms with van der Waals surface area (Å²) in [6.45, 7) is 3.47. The molecule has 0 unspecified atom stereocenters. The fourth-order valence-electron chi connectivity index (χ4n) is 3.49. The highest BCUT2D eigenvalue weighted by Gasteiger charge is 2.27. The van der Waals surface area contributed by atoms with Gasteiger partial charge in [0.15, 0.2) is 5.76 Å². The SMILES string of the molecule is CC(C)[C@@H](NC(=O)c1ccco1)C(=O)OCc1cc(=O)oc2ccc3ccccc3c12. The minimum atomic E-state index is -0.874.